The average Bonchev–Trinajstić information content (AvgIpc) is 3.18. The number of alkyl halides is 3. The number of benzene rings is 2. The highest BCUT2D eigenvalue weighted by Gasteiger charge is 2.33. The van der Waals surface area contributed by atoms with Gasteiger partial charge in [-0.1, -0.05) is 30.4 Å². The van der Waals surface area contributed by atoms with Crippen molar-refractivity contribution in [2.75, 3.05) is 31.1 Å². The maximum absolute atomic E-state index is 15.0. The first-order chi connectivity index (χ1) is 16.6. The van der Waals surface area contributed by atoms with Crippen molar-refractivity contribution in [1.82, 2.24) is 10.2 Å². The Morgan fingerprint density at radius 2 is 1.83 bits per heavy atom. The summed E-state index contributed by atoms with van der Waals surface area (Å²) in [6, 6.07) is 10.1. The number of cyclic esters (lactones) is 1. The van der Waals surface area contributed by atoms with Crippen LogP contribution in [0.4, 0.5) is 28.0 Å². The Hall–Kier alpha value is -2.72. The minimum Gasteiger partial charge on any atom is -0.442 e. The van der Waals surface area contributed by atoms with E-state index in [1.807, 2.05) is 0 Å². The topological polar surface area (TPSA) is 44.8 Å². The normalized spacial score (nSPS) is 19.6. The van der Waals surface area contributed by atoms with Crippen LogP contribution >= 0.6 is 12.2 Å². The molecule has 2 aliphatic rings. The van der Waals surface area contributed by atoms with Crippen LogP contribution in [0.3, 0.4) is 0 Å². The SMILES string of the molecule is CC(=S)NC[C@H]1CN(c2ccc(C3CCN(Cc4ccc(C(F)(F)F)cc4)CC3)c(F)c2)C(=O)O1. The Labute approximate surface area is 207 Å². The number of rotatable bonds is 6. The number of piperidine rings is 1. The summed E-state index contributed by atoms with van der Waals surface area (Å²) < 4.78 is 58.6. The number of likely N-dealkylation sites (tertiary alicyclic amines) is 1. The molecule has 2 aromatic rings. The number of hydrogen-bond donors (Lipinski definition) is 1. The van der Waals surface area contributed by atoms with Gasteiger partial charge in [0.2, 0.25) is 0 Å². The van der Waals surface area contributed by atoms with E-state index in [1.165, 1.54) is 23.1 Å². The highest BCUT2D eigenvalue weighted by molar-refractivity contribution is 7.80. The maximum atomic E-state index is 15.0. The summed E-state index contributed by atoms with van der Waals surface area (Å²) in [7, 11) is 0. The van der Waals surface area contributed by atoms with Gasteiger partial charge in [-0.15, -0.1) is 0 Å². The molecule has 2 aliphatic heterocycles. The quantitative estimate of drug-likeness (QED) is 0.412. The number of carbonyl (C=O) groups is 1. The third-order valence-electron chi connectivity index (χ3n) is 6.46. The monoisotopic (exact) mass is 509 g/mol. The molecule has 2 fully saturated rings. The van der Waals surface area contributed by atoms with Crippen molar-refractivity contribution in [2.24, 2.45) is 0 Å². The van der Waals surface area contributed by atoms with Gasteiger partial charge in [-0.3, -0.25) is 9.80 Å². The van der Waals surface area contributed by atoms with E-state index >= 15 is 4.39 Å². The predicted molar refractivity (Wildman–Crippen MR) is 129 cm³/mol. The Morgan fingerprint density at radius 3 is 2.43 bits per heavy atom. The third kappa shape index (κ3) is 6.29. The van der Waals surface area contributed by atoms with Gasteiger partial charge in [-0.05, 0) is 74.2 Å². The number of anilines is 1. The lowest BCUT2D eigenvalue weighted by molar-refractivity contribution is -0.137. The van der Waals surface area contributed by atoms with Gasteiger partial charge >= 0.3 is 12.3 Å². The molecule has 2 heterocycles. The molecule has 0 spiro atoms. The van der Waals surface area contributed by atoms with Gasteiger partial charge in [-0.25, -0.2) is 9.18 Å². The summed E-state index contributed by atoms with van der Waals surface area (Å²) in [6.07, 6.45) is -3.73. The highest BCUT2D eigenvalue weighted by atomic mass is 32.1. The number of nitrogens with zero attached hydrogens (tertiary/aromatic N) is 2. The van der Waals surface area contributed by atoms with Crippen LogP contribution in [0.15, 0.2) is 42.5 Å². The fraction of sp³-hybridized carbons (Fsp3) is 0.440. The smallest absolute Gasteiger partial charge is 0.416 e. The van der Waals surface area contributed by atoms with Crippen molar-refractivity contribution in [2.45, 2.75) is 44.5 Å². The van der Waals surface area contributed by atoms with Crippen LogP contribution in [0.25, 0.3) is 0 Å². The first-order valence-corrected chi connectivity index (χ1v) is 11.9. The van der Waals surface area contributed by atoms with Crippen LogP contribution in [0, 0.1) is 5.82 Å². The van der Waals surface area contributed by atoms with Crippen molar-refractivity contribution in [3.63, 3.8) is 0 Å². The molecule has 4 rings (SSSR count). The molecule has 35 heavy (non-hydrogen) atoms. The van der Waals surface area contributed by atoms with Gasteiger partial charge in [0.15, 0.2) is 0 Å². The Kier molecular flexibility index (Phi) is 7.61. The second-order valence-electron chi connectivity index (χ2n) is 9.00. The van der Waals surface area contributed by atoms with Crippen LogP contribution < -0.4 is 10.2 Å². The molecule has 0 aromatic heterocycles. The van der Waals surface area contributed by atoms with Gasteiger partial charge in [0, 0.05) is 6.54 Å². The van der Waals surface area contributed by atoms with Gasteiger partial charge in [0.05, 0.1) is 29.3 Å². The molecule has 1 atom stereocenters. The zero-order chi connectivity index (χ0) is 25.2. The van der Waals surface area contributed by atoms with Crippen LogP contribution in [0.1, 0.15) is 42.4 Å². The minimum atomic E-state index is -4.34. The number of ether oxygens (including phenoxy) is 1. The molecule has 2 saturated heterocycles. The average molecular weight is 510 g/mol. The summed E-state index contributed by atoms with van der Waals surface area (Å²) in [4.78, 5) is 16.4. The van der Waals surface area contributed by atoms with E-state index in [-0.39, 0.29) is 17.8 Å². The number of halogens is 4. The summed E-state index contributed by atoms with van der Waals surface area (Å²) in [6.45, 7) is 4.47. The third-order valence-corrected chi connectivity index (χ3v) is 6.61. The maximum Gasteiger partial charge on any atom is 0.416 e. The van der Waals surface area contributed by atoms with Gasteiger partial charge in [0.1, 0.15) is 11.9 Å². The fourth-order valence-corrected chi connectivity index (χ4v) is 4.65. The molecular formula is C25H27F4N3O2S. The van der Waals surface area contributed by atoms with Crippen LogP contribution in [-0.4, -0.2) is 48.3 Å². The van der Waals surface area contributed by atoms with Crippen molar-refractivity contribution >= 4 is 29.0 Å². The Morgan fingerprint density at radius 1 is 1.14 bits per heavy atom. The number of amides is 1. The lowest BCUT2D eigenvalue weighted by Crippen LogP contribution is -2.33. The van der Waals surface area contributed by atoms with Crippen LogP contribution in [0.5, 0.6) is 0 Å². The molecule has 188 valence electrons. The molecule has 0 aliphatic carbocycles. The lowest BCUT2D eigenvalue weighted by atomic mass is 9.88. The molecule has 0 saturated carbocycles. The molecule has 1 N–H and O–H groups in total. The molecule has 10 heteroatoms. The van der Waals surface area contributed by atoms with Crippen LogP contribution in [0.2, 0.25) is 0 Å². The van der Waals surface area contributed by atoms with Crippen molar-refractivity contribution < 1.29 is 27.1 Å². The van der Waals surface area contributed by atoms with E-state index < -0.39 is 17.8 Å². The summed E-state index contributed by atoms with van der Waals surface area (Å²) >= 11 is 4.98. The summed E-state index contributed by atoms with van der Waals surface area (Å²) in [5.74, 6) is -0.311. The second kappa shape index (κ2) is 10.5. The van der Waals surface area contributed by atoms with Gasteiger partial charge < -0.3 is 10.1 Å². The van der Waals surface area contributed by atoms with Crippen LogP contribution in [-0.2, 0) is 17.5 Å². The Bertz CT molecular complexity index is 1070. The first-order valence-electron chi connectivity index (χ1n) is 11.5. The van der Waals surface area contributed by atoms with Gasteiger partial charge in [-0.2, -0.15) is 13.2 Å². The number of carbonyl (C=O) groups excluding carboxylic acids is 1. The van der Waals surface area contributed by atoms with E-state index in [0.29, 0.717) is 35.9 Å². The standard InChI is InChI=1S/C25H27F4N3O2S/c1-16(35)30-13-21-15-32(24(33)34-21)20-6-7-22(23(26)12-20)18-8-10-31(11-9-18)14-17-2-4-19(5-3-17)25(27,28)29/h2-7,12,18,21H,8-11,13-15H2,1H3,(H,30,35)/t21-/m0/s1. The fourth-order valence-electron chi connectivity index (χ4n) is 4.57. The highest BCUT2D eigenvalue weighted by Crippen LogP contribution is 2.34. The van der Waals surface area contributed by atoms with E-state index in [9.17, 15) is 18.0 Å². The summed E-state index contributed by atoms with van der Waals surface area (Å²) in [5, 5.41) is 2.97. The van der Waals surface area contributed by atoms with E-state index in [1.54, 1.807) is 19.1 Å². The molecule has 1 amide bonds. The number of nitrogens with one attached hydrogen (secondary N) is 1. The number of hydrogen-bond acceptors (Lipinski definition) is 4. The first kappa shape index (κ1) is 25.4. The number of thiocarbonyl (C=S) groups is 1. The minimum absolute atomic E-state index is 0.0425. The molecule has 2 aromatic carbocycles. The molecule has 0 unspecified atom stereocenters. The van der Waals surface area contributed by atoms with Gasteiger partial charge in [0.25, 0.3) is 0 Å². The molecular weight excluding hydrogens is 482 g/mol. The largest absolute Gasteiger partial charge is 0.442 e. The molecule has 0 bridgehead atoms. The van der Waals surface area contributed by atoms with Crippen molar-refractivity contribution in [3.8, 4) is 0 Å². The van der Waals surface area contributed by atoms with Crippen molar-refractivity contribution in [1.29, 1.82) is 0 Å². The molecule has 5 nitrogen and oxygen atoms in total. The lowest BCUT2D eigenvalue weighted by Gasteiger charge is -2.32. The zero-order valence-corrected chi connectivity index (χ0v) is 20.1. The predicted octanol–water partition coefficient (Wildman–Crippen LogP) is 5.49. The molecule has 0 radical (unpaired) electrons. The van der Waals surface area contributed by atoms with E-state index in [4.69, 9.17) is 17.0 Å². The van der Waals surface area contributed by atoms with E-state index in [2.05, 4.69) is 10.2 Å². The van der Waals surface area contributed by atoms with Crippen molar-refractivity contribution in [3.05, 3.63) is 65.0 Å². The van der Waals surface area contributed by atoms with E-state index in [0.717, 1.165) is 43.6 Å². The Balaban J connectivity index is 1.32. The summed E-state index contributed by atoms with van der Waals surface area (Å²) in [5.41, 5.74) is 1.24. The zero-order valence-electron chi connectivity index (χ0n) is 19.3. The second-order valence-corrected chi connectivity index (χ2v) is 9.62.